The predicted molar refractivity (Wildman–Crippen MR) is 92.5 cm³/mol. The van der Waals surface area contributed by atoms with Gasteiger partial charge in [-0.2, -0.15) is 0 Å². The highest BCUT2D eigenvalue weighted by Crippen LogP contribution is 2.22. The summed E-state index contributed by atoms with van der Waals surface area (Å²) in [6.45, 7) is 1.87. The highest BCUT2D eigenvalue weighted by Gasteiger charge is 2.26. The third-order valence-corrected chi connectivity index (χ3v) is 4.50. The Bertz CT molecular complexity index is 760. The van der Waals surface area contributed by atoms with Gasteiger partial charge in [0.2, 0.25) is 0 Å². The molecule has 1 saturated heterocycles. The SMILES string of the molecule is O=C(c1ccncc1)N1CCN(C(=O)c2cc(Cl)ccc2Cl)CC1. The van der Waals surface area contributed by atoms with E-state index >= 15 is 0 Å². The summed E-state index contributed by atoms with van der Waals surface area (Å²) in [6.07, 6.45) is 3.18. The minimum Gasteiger partial charge on any atom is -0.335 e. The first-order valence-electron chi connectivity index (χ1n) is 7.50. The summed E-state index contributed by atoms with van der Waals surface area (Å²) in [5, 5.41) is 0.842. The van der Waals surface area contributed by atoms with Gasteiger partial charge in [0.05, 0.1) is 10.6 Å². The van der Waals surface area contributed by atoms with E-state index in [9.17, 15) is 9.59 Å². The van der Waals surface area contributed by atoms with Gasteiger partial charge in [-0.1, -0.05) is 23.2 Å². The molecule has 2 aromatic rings. The molecule has 1 aromatic carbocycles. The molecule has 2 amide bonds. The number of benzene rings is 1. The van der Waals surface area contributed by atoms with Crippen LogP contribution >= 0.6 is 23.2 Å². The first kappa shape index (κ1) is 16.7. The van der Waals surface area contributed by atoms with Crippen LogP contribution in [0.3, 0.4) is 0 Å². The Labute approximate surface area is 149 Å². The molecule has 0 atom stereocenters. The zero-order valence-corrected chi connectivity index (χ0v) is 14.3. The highest BCUT2D eigenvalue weighted by atomic mass is 35.5. The van der Waals surface area contributed by atoms with Crippen molar-refractivity contribution in [2.45, 2.75) is 0 Å². The molecule has 124 valence electrons. The Morgan fingerprint density at radius 3 is 2.08 bits per heavy atom. The summed E-state index contributed by atoms with van der Waals surface area (Å²) in [5.74, 6) is -0.219. The molecule has 1 aliphatic heterocycles. The quantitative estimate of drug-likeness (QED) is 0.823. The summed E-state index contributed by atoms with van der Waals surface area (Å²) in [7, 11) is 0. The number of hydrogen-bond donors (Lipinski definition) is 0. The minimum atomic E-state index is -0.168. The van der Waals surface area contributed by atoms with E-state index in [1.54, 1.807) is 52.5 Å². The molecule has 1 aromatic heterocycles. The van der Waals surface area contributed by atoms with Crippen molar-refractivity contribution in [1.29, 1.82) is 0 Å². The van der Waals surface area contributed by atoms with E-state index in [1.165, 1.54) is 0 Å². The number of hydrogen-bond acceptors (Lipinski definition) is 3. The molecule has 24 heavy (non-hydrogen) atoms. The molecule has 1 fully saturated rings. The van der Waals surface area contributed by atoms with Gasteiger partial charge in [-0.15, -0.1) is 0 Å². The Kier molecular flexibility index (Phi) is 5.02. The monoisotopic (exact) mass is 363 g/mol. The number of nitrogens with zero attached hydrogens (tertiary/aromatic N) is 3. The molecule has 3 rings (SSSR count). The lowest BCUT2D eigenvalue weighted by Gasteiger charge is -2.35. The van der Waals surface area contributed by atoms with Crippen molar-refractivity contribution in [3.05, 3.63) is 63.9 Å². The van der Waals surface area contributed by atoms with Crippen molar-refractivity contribution in [2.24, 2.45) is 0 Å². The largest absolute Gasteiger partial charge is 0.335 e. The normalized spacial score (nSPS) is 14.6. The van der Waals surface area contributed by atoms with Crippen LogP contribution in [-0.2, 0) is 0 Å². The summed E-state index contributed by atoms with van der Waals surface area (Å²) in [4.78, 5) is 32.3. The minimum absolute atomic E-state index is 0.0507. The second kappa shape index (κ2) is 7.20. The Morgan fingerprint density at radius 1 is 0.875 bits per heavy atom. The molecule has 2 heterocycles. The number of halogens is 2. The highest BCUT2D eigenvalue weighted by molar-refractivity contribution is 6.35. The number of aromatic nitrogens is 1. The van der Waals surface area contributed by atoms with E-state index in [4.69, 9.17) is 23.2 Å². The van der Waals surface area contributed by atoms with Gasteiger partial charge in [-0.25, -0.2) is 0 Å². The molecule has 1 aliphatic rings. The average molecular weight is 364 g/mol. The molecule has 0 radical (unpaired) electrons. The number of pyridine rings is 1. The second-order valence-electron chi connectivity index (χ2n) is 5.44. The first-order chi connectivity index (χ1) is 11.6. The fraction of sp³-hybridized carbons (Fsp3) is 0.235. The lowest BCUT2D eigenvalue weighted by atomic mass is 10.1. The molecule has 0 N–H and O–H groups in total. The smallest absolute Gasteiger partial charge is 0.255 e. The summed E-state index contributed by atoms with van der Waals surface area (Å²) >= 11 is 12.0. The van der Waals surface area contributed by atoms with Crippen LogP contribution in [0, 0.1) is 0 Å². The van der Waals surface area contributed by atoms with Crippen molar-refractivity contribution >= 4 is 35.0 Å². The molecule has 0 saturated carbocycles. The molecular weight excluding hydrogens is 349 g/mol. The molecule has 0 spiro atoms. The maximum absolute atomic E-state index is 12.6. The van der Waals surface area contributed by atoms with Crippen LogP contribution in [0.4, 0.5) is 0 Å². The van der Waals surface area contributed by atoms with E-state index in [1.807, 2.05) is 0 Å². The van der Waals surface area contributed by atoms with Crippen molar-refractivity contribution in [3.8, 4) is 0 Å². The Hall–Kier alpha value is -2.11. The van der Waals surface area contributed by atoms with Crippen LogP contribution in [0.1, 0.15) is 20.7 Å². The van der Waals surface area contributed by atoms with E-state index < -0.39 is 0 Å². The van der Waals surface area contributed by atoms with Gasteiger partial charge < -0.3 is 9.80 Å². The zero-order valence-electron chi connectivity index (χ0n) is 12.8. The van der Waals surface area contributed by atoms with Gasteiger partial charge >= 0.3 is 0 Å². The maximum Gasteiger partial charge on any atom is 0.255 e. The van der Waals surface area contributed by atoms with Gasteiger partial charge in [0.25, 0.3) is 11.8 Å². The third kappa shape index (κ3) is 3.52. The van der Waals surface area contributed by atoms with Gasteiger partial charge in [-0.3, -0.25) is 14.6 Å². The number of carbonyl (C=O) groups excluding carboxylic acids is 2. The predicted octanol–water partition coefficient (Wildman–Crippen LogP) is 2.99. The molecule has 0 aliphatic carbocycles. The first-order valence-corrected chi connectivity index (χ1v) is 8.25. The Balaban J connectivity index is 1.66. The van der Waals surface area contributed by atoms with E-state index in [0.29, 0.717) is 47.4 Å². The van der Waals surface area contributed by atoms with Crippen molar-refractivity contribution in [1.82, 2.24) is 14.8 Å². The van der Waals surface area contributed by atoms with Crippen LogP contribution in [0.2, 0.25) is 10.0 Å². The van der Waals surface area contributed by atoms with Crippen molar-refractivity contribution in [3.63, 3.8) is 0 Å². The third-order valence-electron chi connectivity index (χ3n) is 3.94. The molecular formula is C17H15Cl2N3O2. The molecule has 5 nitrogen and oxygen atoms in total. The number of amides is 2. The van der Waals surface area contributed by atoms with Crippen LogP contribution in [0.15, 0.2) is 42.7 Å². The van der Waals surface area contributed by atoms with Crippen LogP contribution < -0.4 is 0 Å². The fourth-order valence-corrected chi connectivity index (χ4v) is 2.99. The second-order valence-corrected chi connectivity index (χ2v) is 6.29. The summed E-state index contributed by atoms with van der Waals surface area (Å²) in [6, 6.07) is 8.20. The van der Waals surface area contributed by atoms with Gasteiger partial charge in [-0.05, 0) is 30.3 Å². The fourth-order valence-electron chi connectivity index (χ4n) is 2.62. The van der Waals surface area contributed by atoms with Crippen LogP contribution in [0.25, 0.3) is 0 Å². The van der Waals surface area contributed by atoms with E-state index in [2.05, 4.69) is 4.98 Å². The van der Waals surface area contributed by atoms with Crippen molar-refractivity contribution < 1.29 is 9.59 Å². The molecule has 0 unspecified atom stereocenters. The molecule has 0 bridgehead atoms. The Morgan fingerprint density at radius 2 is 1.46 bits per heavy atom. The summed E-state index contributed by atoms with van der Waals surface area (Å²) in [5.41, 5.74) is 0.987. The number of carbonyl (C=O) groups is 2. The average Bonchev–Trinajstić information content (AvgIpc) is 2.63. The van der Waals surface area contributed by atoms with Crippen LogP contribution in [0.5, 0.6) is 0 Å². The summed E-state index contributed by atoms with van der Waals surface area (Å²) < 4.78 is 0. The maximum atomic E-state index is 12.6. The van der Waals surface area contributed by atoms with Gasteiger partial charge in [0, 0.05) is 49.2 Å². The van der Waals surface area contributed by atoms with Crippen molar-refractivity contribution in [2.75, 3.05) is 26.2 Å². The van der Waals surface area contributed by atoms with Crippen LogP contribution in [-0.4, -0.2) is 52.8 Å². The van der Waals surface area contributed by atoms with Gasteiger partial charge in [0.15, 0.2) is 0 Å². The molecule has 7 heteroatoms. The lowest BCUT2D eigenvalue weighted by molar-refractivity contribution is 0.0535. The number of piperazine rings is 1. The topological polar surface area (TPSA) is 53.5 Å². The van der Waals surface area contributed by atoms with E-state index in [0.717, 1.165) is 0 Å². The standard InChI is InChI=1S/C17H15Cl2N3O2/c18-13-1-2-15(19)14(11-13)17(24)22-9-7-21(8-10-22)16(23)12-3-5-20-6-4-12/h1-6,11H,7-10H2. The lowest BCUT2D eigenvalue weighted by Crippen LogP contribution is -2.50. The number of rotatable bonds is 2. The zero-order chi connectivity index (χ0) is 17.1. The van der Waals surface area contributed by atoms with E-state index in [-0.39, 0.29) is 11.8 Å². The van der Waals surface area contributed by atoms with Gasteiger partial charge in [0.1, 0.15) is 0 Å².